The number of primary amides is 1. The molecule has 7 heteroatoms. The van der Waals surface area contributed by atoms with Crippen molar-refractivity contribution in [2.45, 2.75) is 32.7 Å². The van der Waals surface area contributed by atoms with Crippen LogP contribution in [0.4, 0.5) is 0 Å². The molecule has 23 heavy (non-hydrogen) atoms. The predicted octanol–water partition coefficient (Wildman–Crippen LogP) is 1.29. The van der Waals surface area contributed by atoms with Crippen molar-refractivity contribution in [2.75, 3.05) is 0 Å². The van der Waals surface area contributed by atoms with Crippen molar-refractivity contribution in [2.24, 2.45) is 11.7 Å². The summed E-state index contributed by atoms with van der Waals surface area (Å²) in [5.41, 5.74) is 5.78. The van der Waals surface area contributed by atoms with E-state index in [1.165, 1.54) is 0 Å². The maximum absolute atomic E-state index is 12.5. The minimum absolute atomic E-state index is 0.106. The lowest BCUT2D eigenvalue weighted by molar-refractivity contribution is -0.126. The molecular formula is C16H21N5O2. The van der Waals surface area contributed by atoms with Crippen LogP contribution in [0.25, 0.3) is 5.69 Å². The van der Waals surface area contributed by atoms with Gasteiger partial charge in [0.05, 0.1) is 0 Å². The Balaban J connectivity index is 2.21. The van der Waals surface area contributed by atoms with Gasteiger partial charge < -0.3 is 11.1 Å². The summed E-state index contributed by atoms with van der Waals surface area (Å²) in [6, 6.07) is 6.94. The van der Waals surface area contributed by atoms with Gasteiger partial charge in [-0.15, -0.1) is 10.2 Å². The molecule has 1 atom stereocenters. The number of aromatic nitrogens is 3. The van der Waals surface area contributed by atoms with Gasteiger partial charge in [-0.25, -0.2) is 0 Å². The van der Waals surface area contributed by atoms with E-state index in [2.05, 4.69) is 15.5 Å². The SMILES string of the molecule is CC[C@](NC(=O)c1ccc(-n2cnnc2)cc1)(C(N)=O)C(C)C. The molecule has 1 aromatic carbocycles. The summed E-state index contributed by atoms with van der Waals surface area (Å²) >= 11 is 0. The van der Waals surface area contributed by atoms with Crippen molar-refractivity contribution in [3.05, 3.63) is 42.5 Å². The molecule has 122 valence electrons. The Morgan fingerprint density at radius 1 is 1.22 bits per heavy atom. The standard InChI is InChI=1S/C16H21N5O2/c1-4-16(11(2)3,15(17)23)20-14(22)12-5-7-13(8-6-12)21-9-18-19-10-21/h5-11H,4H2,1-3H3,(H2,17,23)(H,20,22)/t16-/m1/s1. The van der Waals surface area contributed by atoms with Crippen LogP contribution in [0.15, 0.2) is 36.9 Å². The van der Waals surface area contributed by atoms with Crippen LogP contribution in [0.5, 0.6) is 0 Å². The van der Waals surface area contributed by atoms with Crippen molar-refractivity contribution >= 4 is 11.8 Å². The minimum Gasteiger partial charge on any atom is -0.368 e. The Bertz CT molecular complexity index is 679. The summed E-state index contributed by atoms with van der Waals surface area (Å²) in [4.78, 5) is 24.3. The van der Waals surface area contributed by atoms with Gasteiger partial charge in [0, 0.05) is 11.3 Å². The van der Waals surface area contributed by atoms with Crippen molar-refractivity contribution in [1.82, 2.24) is 20.1 Å². The number of rotatable bonds is 6. The van der Waals surface area contributed by atoms with Crippen molar-refractivity contribution in [3.8, 4) is 5.69 Å². The van der Waals surface area contributed by atoms with Crippen LogP contribution < -0.4 is 11.1 Å². The number of carbonyl (C=O) groups is 2. The summed E-state index contributed by atoms with van der Waals surface area (Å²) in [5, 5.41) is 10.3. The highest BCUT2D eigenvalue weighted by Crippen LogP contribution is 2.22. The number of nitrogens with two attached hydrogens (primary N) is 1. The average Bonchev–Trinajstić information content (AvgIpc) is 3.06. The normalized spacial score (nSPS) is 13.6. The number of nitrogens with zero attached hydrogens (tertiary/aromatic N) is 3. The van der Waals surface area contributed by atoms with Gasteiger partial charge in [0.1, 0.15) is 18.2 Å². The second-order valence-electron chi connectivity index (χ2n) is 5.71. The fourth-order valence-electron chi connectivity index (χ4n) is 2.56. The first-order valence-corrected chi connectivity index (χ1v) is 7.48. The zero-order valence-corrected chi connectivity index (χ0v) is 13.5. The molecule has 1 heterocycles. The van der Waals surface area contributed by atoms with Crippen molar-refractivity contribution < 1.29 is 9.59 Å². The van der Waals surface area contributed by atoms with Crippen LogP contribution in [0.3, 0.4) is 0 Å². The smallest absolute Gasteiger partial charge is 0.252 e. The molecule has 7 nitrogen and oxygen atoms in total. The van der Waals surface area contributed by atoms with Crippen LogP contribution in [0, 0.1) is 5.92 Å². The zero-order chi connectivity index (χ0) is 17.0. The lowest BCUT2D eigenvalue weighted by atomic mass is 9.82. The molecule has 0 spiro atoms. The molecule has 0 fully saturated rings. The molecule has 0 aliphatic carbocycles. The number of hydrogen-bond acceptors (Lipinski definition) is 4. The average molecular weight is 315 g/mol. The molecule has 0 saturated carbocycles. The number of benzene rings is 1. The molecule has 0 aliphatic rings. The molecule has 0 saturated heterocycles. The lowest BCUT2D eigenvalue weighted by Crippen LogP contribution is -2.60. The van der Waals surface area contributed by atoms with Gasteiger partial charge >= 0.3 is 0 Å². The van der Waals surface area contributed by atoms with E-state index in [1.54, 1.807) is 41.5 Å². The minimum atomic E-state index is -1.05. The second-order valence-corrected chi connectivity index (χ2v) is 5.71. The molecule has 0 bridgehead atoms. The number of amides is 2. The maximum atomic E-state index is 12.5. The van der Waals surface area contributed by atoms with Crippen LogP contribution >= 0.6 is 0 Å². The highest BCUT2D eigenvalue weighted by Gasteiger charge is 2.39. The fraction of sp³-hybridized carbons (Fsp3) is 0.375. The van der Waals surface area contributed by atoms with E-state index < -0.39 is 11.4 Å². The molecular weight excluding hydrogens is 294 g/mol. The predicted molar refractivity (Wildman–Crippen MR) is 85.9 cm³/mol. The molecule has 1 aromatic heterocycles. The van der Waals surface area contributed by atoms with E-state index in [0.717, 1.165) is 5.69 Å². The van der Waals surface area contributed by atoms with Crippen molar-refractivity contribution in [3.63, 3.8) is 0 Å². The molecule has 3 N–H and O–H groups in total. The van der Waals surface area contributed by atoms with Gasteiger partial charge in [-0.2, -0.15) is 0 Å². The number of hydrogen-bond donors (Lipinski definition) is 2. The van der Waals surface area contributed by atoms with Gasteiger partial charge in [-0.1, -0.05) is 20.8 Å². The Morgan fingerprint density at radius 3 is 2.22 bits per heavy atom. The Kier molecular flexibility index (Phi) is 4.78. The van der Waals surface area contributed by atoms with Crippen molar-refractivity contribution in [1.29, 1.82) is 0 Å². The zero-order valence-electron chi connectivity index (χ0n) is 13.5. The third-order valence-electron chi connectivity index (χ3n) is 4.17. The first kappa shape index (κ1) is 16.7. The molecule has 0 unspecified atom stereocenters. The summed E-state index contributed by atoms with van der Waals surface area (Å²) < 4.78 is 1.73. The first-order valence-electron chi connectivity index (χ1n) is 7.48. The monoisotopic (exact) mass is 315 g/mol. The van der Waals surface area contributed by atoms with E-state index in [0.29, 0.717) is 12.0 Å². The molecule has 2 amide bonds. The van der Waals surface area contributed by atoms with E-state index in [9.17, 15) is 9.59 Å². The van der Waals surface area contributed by atoms with Crippen LogP contribution in [0.2, 0.25) is 0 Å². The Morgan fingerprint density at radius 2 is 1.78 bits per heavy atom. The third-order valence-corrected chi connectivity index (χ3v) is 4.17. The number of nitrogens with one attached hydrogen (secondary N) is 1. The Labute approximate surface area is 134 Å². The summed E-state index contributed by atoms with van der Waals surface area (Å²) in [7, 11) is 0. The van der Waals surface area contributed by atoms with Crippen LogP contribution in [-0.4, -0.2) is 32.1 Å². The fourth-order valence-corrected chi connectivity index (χ4v) is 2.56. The summed E-state index contributed by atoms with van der Waals surface area (Å²) in [6.07, 6.45) is 3.58. The molecule has 0 aliphatic heterocycles. The highest BCUT2D eigenvalue weighted by molar-refractivity contribution is 5.99. The second kappa shape index (κ2) is 6.60. The highest BCUT2D eigenvalue weighted by atomic mass is 16.2. The largest absolute Gasteiger partial charge is 0.368 e. The Hall–Kier alpha value is -2.70. The van der Waals surface area contributed by atoms with E-state index >= 15 is 0 Å². The molecule has 2 rings (SSSR count). The van der Waals surface area contributed by atoms with Crippen LogP contribution in [0.1, 0.15) is 37.6 Å². The van der Waals surface area contributed by atoms with E-state index in [1.807, 2.05) is 20.8 Å². The van der Waals surface area contributed by atoms with Gasteiger partial charge in [-0.05, 0) is 36.6 Å². The van der Waals surface area contributed by atoms with Gasteiger partial charge in [0.15, 0.2) is 0 Å². The maximum Gasteiger partial charge on any atom is 0.252 e. The molecule has 2 aromatic rings. The van der Waals surface area contributed by atoms with E-state index in [-0.39, 0.29) is 11.8 Å². The quantitative estimate of drug-likeness (QED) is 0.838. The topological polar surface area (TPSA) is 103 Å². The third kappa shape index (κ3) is 3.23. The lowest BCUT2D eigenvalue weighted by Gasteiger charge is -2.34. The van der Waals surface area contributed by atoms with Gasteiger partial charge in [0.25, 0.3) is 5.91 Å². The summed E-state index contributed by atoms with van der Waals surface area (Å²) in [5.74, 6) is -0.954. The van der Waals surface area contributed by atoms with Gasteiger partial charge in [-0.3, -0.25) is 14.2 Å². The van der Waals surface area contributed by atoms with Gasteiger partial charge in [0.2, 0.25) is 5.91 Å². The van der Waals surface area contributed by atoms with Crippen LogP contribution in [-0.2, 0) is 4.79 Å². The number of carbonyl (C=O) groups excluding carboxylic acids is 2. The first-order chi connectivity index (χ1) is 10.9. The molecule has 0 radical (unpaired) electrons. The summed E-state index contributed by atoms with van der Waals surface area (Å²) in [6.45, 7) is 5.56. The van der Waals surface area contributed by atoms with E-state index in [4.69, 9.17) is 5.73 Å².